The first kappa shape index (κ1) is 16.5. The Morgan fingerprint density at radius 1 is 1.41 bits per heavy atom. The molecule has 0 saturated carbocycles. The van der Waals surface area contributed by atoms with Gasteiger partial charge in [-0.3, -0.25) is 4.99 Å². The van der Waals surface area contributed by atoms with Crippen LogP contribution in [0.25, 0.3) is 0 Å². The second-order valence-corrected chi connectivity index (χ2v) is 5.77. The summed E-state index contributed by atoms with van der Waals surface area (Å²) >= 11 is 7.11. The van der Waals surface area contributed by atoms with Crippen LogP contribution in [0.15, 0.2) is 34.4 Å². The summed E-state index contributed by atoms with van der Waals surface area (Å²) in [6.07, 6.45) is 1.69. The first-order valence-electron chi connectivity index (χ1n) is 6.69. The monoisotopic (exact) mass is 337 g/mol. The van der Waals surface area contributed by atoms with Gasteiger partial charge in [-0.1, -0.05) is 35.1 Å². The summed E-state index contributed by atoms with van der Waals surface area (Å²) in [6.45, 7) is 3.93. The van der Waals surface area contributed by atoms with E-state index in [1.54, 1.807) is 37.0 Å². The molecule has 0 aliphatic heterocycles. The Hall–Kier alpha value is -1.92. The lowest BCUT2D eigenvalue weighted by Crippen LogP contribution is -2.12. The molecule has 22 heavy (non-hydrogen) atoms. The standard InChI is InChI=1S/C15H16ClN3O2S/c1-4-21-14(20)13-10(2)19(15(17-3)22-13)18-9-11-5-7-12(16)8-6-11/h5-9H,4H2,1-3H3/b17-15?,18-9+. The first-order chi connectivity index (χ1) is 10.6. The summed E-state index contributed by atoms with van der Waals surface area (Å²) in [5, 5.41) is 5.07. The van der Waals surface area contributed by atoms with Crippen molar-refractivity contribution < 1.29 is 9.53 Å². The highest BCUT2D eigenvalue weighted by atomic mass is 35.5. The van der Waals surface area contributed by atoms with Gasteiger partial charge in [0, 0.05) is 12.1 Å². The third-order valence-electron chi connectivity index (χ3n) is 2.87. The van der Waals surface area contributed by atoms with E-state index in [0.717, 1.165) is 5.56 Å². The average Bonchev–Trinajstić information content (AvgIpc) is 2.83. The second-order valence-electron chi connectivity index (χ2n) is 4.35. The first-order valence-corrected chi connectivity index (χ1v) is 7.88. The zero-order valence-electron chi connectivity index (χ0n) is 12.5. The molecule has 0 fully saturated rings. The number of halogens is 1. The van der Waals surface area contributed by atoms with E-state index in [9.17, 15) is 4.79 Å². The van der Waals surface area contributed by atoms with Crippen molar-refractivity contribution >= 4 is 35.1 Å². The molecule has 1 heterocycles. The number of hydrogen-bond donors (Lipinski definition) is 0. The lowest BCUT2D eigenvalue weighted by atomic mass is 10.2. The summed E-state index contributed by atoms with van der Waals surface area (Å²) in [5.41, 5.74) is 1.61. The van der Waals surface area contributed by atoms with Gasteiger partial charge in [0.1, 0.15) is 4.88 Å². The van der Waals surface area contributed by atoms with Crippen molar-refractivity contribution in [3.8, 4) is 0 Å². The molecule has 116 valence electrons. The Bertz CT molecular complexity index is 760. The summed E-state index contributed by atoms with van der Waals surface area (Å²) < 4.78 is 6.68. The Balaban J connectivity index is 2.38. The molecule has 0 saturated heterocycles. The molecule has 5 nitrogen and oxygen atoms in total. The maximum atomic E-state index is 11.9. The third-order valence-corrected chi connectivity index (χ3v) is 4.32. The number of nitrogens with zero attached hydrogens (tertiary/aromatic N) is 3. The Morgan fingerprint density at radius 3 is 2.68 bits per heavy atom. The summed E-state index contributed by atoms with van der Waals surface area (Å²) in [7, 11) is 1.66. The minimum absolute atomic E-state index is 0.336. The predicted octanol–water partition coefficient (Wildman–Crippen LogP) is 3.10. The van der Waals surface area contributed by atoms with E-state index in [-0.39, 0.29) is 5.97 Å². The van der Waals surface area contributed by atoms with Gasteiger partial charge in [0.05, 0.1) is 18.5 Å². The van der Waals surface area contributed by atoms with Gasteiger partial charge in [0.2, 0.25) is 4.80 Å². The van der Waals surface area contributed by atoms with Gasteiger partial charge in [-0.2, -0.15) is 5.10 Å². The largest absolute Gasteiger partial charge is 0.462 e. The smallest absolute Gasteiger partial charge is 0.350 e. The van der Waals surface area contributed by atoms with Crippen LogP contribution in [-0.4, -0.2) is 30.5 Å². The van der Waals surface area contributed by atoms with Gasteiger partial charge < -0.3 is 4.74 Å². The van der Waals surface area contributed by atoms with Crippen LogP contribution >= 0.6 is 22.9 Å². The lowest BCUT2D eigenvalue weighted by molar-refractivity contribution is 0.0530. The van der Waals surface area contributed by atoms with Crippen molar-refractivity contribution in [2.24, 2.45) is 10.1 Å². The van der Waals surface area contributed by atoms with Crippen LogP contribution in [0.4, 0.5) is 0 Å². The number of esters is 1. The molecule has 2 aromatic rings. The van der Waals surface area contributed by atoms with Crippen LogP contribution in [0, 0.1) is 6.92 Å². The number of thiazole rings is 1. The normalized spacial score (nSPS) is 12.1. The molecule has 2 rings (SSSR count). The quantitative estimate of drug-likeness (QED) is 0.636. The number of hydrogen-bond acceptors (Lipinski definition) is 5. The molecular weight excluding hydrogens is 322 g/mol. The van der Waals surface area contributed by atoms with Gasteiger partial charge in [0.25, 0.3) is 0 Å². The minimum Gasteiger partial charge on any atom is -0.462 e. The van der Waals surface area contributed by atoms with E-state index in [2.05, 4.69) is 10.1 Å². The number of carbonyl (C=O) groups is 1. The molecule has 0 N–H and O–H groups in total. The summed E-state index contributed by atoms with van der Waals surface area (Å²) in [6, 6.07) is 7.32. The molecule has 0 spiro atoms. The lowest BCUT2D eigenvalue weighted by Gasteiger charge is -2.01. The van der Waals surface area contributed by atoms with Gasteiger partial charge >= 0.3 is 5.97 Å². The van der Waals surface area contributed by atoms with Crippen LogP contribution in [0.2, 0.25) is 5.02 Å². The molecular formula is C15H16ClN3O2S. The van der Waals surface area contributed by atoms with E-state index in [1.165, 1.54) is 11.3 Å². The van der Waals surface area contributed by atoms with Crippen LogP contribution < -0.4 is 4.80 Å². The highest BCUT2D eigenvalue weighted by Gasteiger charge is 2.17. The van der Waals surface area contributed by atoms with Gasteiger partial charge in [0.15, 0.2) is 0 Å². The van der Waals surface area contributed by atoms with Crippen molar-refractivity contribution in [3.05, 3.63) is 50.2 Å². The van der Waals surface area contributed by atoms with Gasteiger partial charge in [-0.25, -0.2) is 9.47 Å². The van der Waals surface area contributed by atoms with Gasteiger partial charge in [-0.15, -0.1) is 0 Å². The fraction of sp³-hybridized carbons (Fsp3) is 0.267. The van der Waals surface area contributed by atoms with Crippen LogP contribution in [-0.2, 0) is 4.74 Å². The molecule has 0 unspecified atom stereocenters. The Labute approximate surface area is 137 Å². The van der Waals surface area contributed by atoms with Crippen LogP contribution in [0.5, 0.6) is 0 Å². The van der Waals surface area contributed by atoms with E-state index >= 15 is 0 Å². The van der Waals surface area contributed by atoms with Crippen molar-refractivity contribution in [2.45, 2.75) is 13.8 Å². The zero-order chi connectivity index (χ0) is 16.1. The number of benzene rings is 1. The number of ether oxygens (including phenoxy) is 1. The van der Waals surface area contributed by atoms with Crippen LogP contribution in [0.3, 0.4) is 0 Å². The molecule has 0 amide bonds. The summed E-state index contributed by atoms with van der Waals surface area (Å²) in [5.74, 6) is -0.352. The predicted molar refractivity (Wildman–Crippen MR) is 88.9 cm³/mol. The Kier molecular flexibility index (Phi) is 5.51. The molecule has 0 radical (unpaired) electrons. The topological polar surface area (TPSA) is 55.9 Å². The van der Waals surface area contributed by atoms with E-state index in [1.807, 2.05) is 19.1 Å². The second kappa shape index (κ2) is 7.38. The minimum atomic E-state index is -0.352. The van der Waals surface area contributed by atoms with E-state index in [0.29, 0.717) is 27.0 Å². The maximum Gasteiger partial charge on any atom is 0.350 e. The van der Waals surface area contributed by atoms with Crippen molar-refractivity contribution in [1.29, 1.82) is 0 Å². The highest BCUT2D eigenvalue weighted by molar-refractivity contribution is 7.11. The average molecular weight is 338 g/mol. The number of carbonyl (C=O) groups excluding carboxylic acids is 1. The molecule has 0 aliphatic carbocycles. The van der Waals surface area contributed by atoms with Crippen LogP contribution in [0.1, 0.15) is 27.9 Å². The molecule has 7 heteroatoms. The molecule has 1 aromatic heterocycles. The van der Waals surface area contributed by atoms with E-state index < -0.39 is 0 Å². The molecule has 0 bridgehead atoms. The molecule has 1 aromatic carbocycles. The zero-order valence-corrected chi connectivity index (χ0v) is 14.1. The molecule has 0 atom stereocenters. The van der Waals surface area contributed by atoms with E-state index in [4.69, 9.17) is 16.3 Å². The fourth-order valence-electron chi connectivity index (χ4n) is 1.78. The highest BCUT2D eigenvalue weighted by Crippen LogP contribution is 2.14. The third kappa shape index (κ3) is 3.64. The SMILES string of the molecule is CCOC(=O)c1sc(=NC)n(/N=C/c2ccc(Cl)cc2)c1C. The Morgan fingerprint density at radius 2 is 2.09 bits per heavy atom. The molecule has 0 aliphatic rings. The summed E-state index contributed by atoms with van der Waals surface area (Å²) in [4.78, 5) is 17.2. The van der Waals surface area contributed by atoms with Gasteiger partial charge in [-0.05, 0) is 31.5 Å². The fourth-order valence-corrected chi connectivity index (χ4v) is 2.83. The number of rotatable bonds is 4. The van der Waals surface area contributed by atoms with Crippen molar-refractivity contribution in [2.75, 3.05) is 13.7 Å². The van der Waals surface area contributed by atoms with Crippen molar-refractivity contribution in [1.82, 2.24) is 4.68 Å². The maximum absolute atomic E-state index is 11.9. The number of aromatic nitrogens is 1. The van der Waals surface area contributed by atoms with Crippen molar-refractivity contribution in [3.63, 3.8) is 0 Å².